The quantitative estimate of drug-likeness (QED) is 0.556. The van der Waals surface area contributed by atoms with Gasteiger partial charge in [-0.1, -0.05) is 12.2 Å². The molecule has 2 aliphatic rings. The fraction of sp³-hybridized carbons (Fsp3) is 0.700. The van der Waals surface area contributed by atoms with E-state index in [0.717, 1.165) is 6.42 Å². The summed E-state index contributed by atoms with van der Waals surface area (Å²) in [5.41, 5.74) is -0.466. The van der Waals surface area contributed by atoms with Crippen molar-refractivity contribution in [1.29, 1.82) is 0 Å². The average Bonchev–Trinajstić information content (AvgIpc) is 2.59. The molecule has 0 spiro atoms. The molecule has 2 atom stereocenters. The average molecular weight is 197 g/mol. The first-order valence-corrected chi connectivity index (χ1v) is 4.83. The summed E-state index contributed by atoms with van der Waals surface area (Å²) in [5, 5.41) is 1.33. The molecule has 2 bridgehead atoms. The smallest absolute Gasteiger partial charge is 0.435 e. The molecule has 0 aromatic carbocycles. The van der Waals surface area contributed by atoms with E-state index in [0.29, 0.717) is 0 Å². The molecule has 4 heteroatoms. The Kier molecular flexibility index (Phi) is 2.03. The third-order valence-electron chi connectivity index (χ3n) is 2.15. The van der Waals surface area contributed by atoms with Crippen molar-refractivity contribution in [3.05, 3.63) is 12.2 Å². The molecule has 1 aliphatic carbocycles. The van der Waals surface area contributed by atoms with Crippen LogP contribution in [0.5, 0.6) is 0 Å². The molecule has 0 radical (unpaired) electrons. The zero-order valence-electron chi connectivity index (χ0n) is 8.69. The van der Waals surface area contributed by atoms with Crippen LogP contribution in [0, 0.1) is 0 Å². The van der Waals surface area contributed by atoms with E-state index in [1.54, 1.807) is 0 Å². The van der Waals surface area contributed by atoms with Crippen LogP contribution in [0.25, 0.3) is 0 Å². The lowest BCUT2D eigenvalue weighted by atomic mass is 10.2. The highest BCUT2D eigenvalue weighted by molar-refractivity contribution is 5.68. The maximum atomic E-state index is 11.6. The van der Waals surface area contributed by atoms with E-state index in [4.69, 9.17) is 9.57 Å². The van der Waals surface area contributed by atoms with Crippen molar-refractivity contribution in [2.75, 3.05) is 0 Å². The molecule has 1 heterocycles. The summed E-state index contributed by atoms with van der Waals surface area (Å²) >= 11 is 0. The summed E-state index contributed by atoms with van der Waals surface area (Å²) in [6, 6.07) is 0.0647. The van der Waals surface area contributed by atoms with Gasteiger partial charge in [0.2, 0.25) is 0 Å². The van der Waals surface area contributed by atoms with Gasteiger partial charge in [0.1, 0.15) is 11.7 Å². The van der Waals surface area contributed by atoms with Gasteiger partial charge in [0.25, 0.3) is 0 Å². The lowest BCUT2D eigenvalue weighted by Gasteiger charge is -2.27. The molecule has 0 unspecified atom stereocenters. The Morgan fingerprint density at radius 2 is 2.21 bits per heavy atom. The SMILES string of the molecule is CC(C)(C)OC(=O)N1O[C@H]2C=C[C@@H]1C2. The van der Waals surface area contributed by atoms with Crippen molar-refractivity contribution in [3.63, 3.8) is 0 Å². The van der Waals surface area contributed by atoms with Gasteiger partial charge in [-0.25, -0.2) is 4.79 Å². The minimum absolute atomic E-state index is 0.0625. The molecule has 14 heavy (non-hydrogen) atoms. The highest BCUT2D eigenvalue weighted by Crippen LogP contribution is 2.30. The molecule has 0 N–H and O–H groups in total. The van der Waals surface area contributed by atoms with E-state index in [9.17, 15) is 4.79 Å². The first kappa shape index (κ1) is 9.52. The number of hydroxylamine groups is 2. The largest absolute Gasteiger partial charge is 0.442 e. The highest BCUT2D eigenvalue weighted by atomic mass is 16.7. The Morgan fingerprint density at radius 3 is 2.64 bits per heavy atom. The number of hydrogen-bond acceptors (Lipinski definition) is 3. The lowest BCUT2D eigenvalue weighted by Crippen LogP contribution is -2.39. The number of nitrogens with zero attached hydrogens (tertiary/aromatic N) is 1. The Labute approximate surface area is 83.4 Å². The summed E-state index contributed by atoms with van der Waals surface area (Å²) < 4.78 is 5.20. The maximum absolute atomic E-state index is 11.6. The molecule has 1 aliphatic heterocycles. The van der Waals surface area contributed by atoms with E-state index in [2.05, 4.69) is 0 Å². The Balaban J connectivity index is 1.97. The van der Waals surface area contributed by atoms with Crippen LogP contribution in [0.1, 0.15) is 27.2 Å². The molecule has 1 fully saturated rings. The zero-order chi connectivity index (χ0) is 10.3. The first-order chi connectivity index (χ1) is 6.46. The van der Waals surface area contributed by atoms with Crippen molar-refractivity contribution < 1.29 is 14.4 Å². The molecule has 0 aromatic heterocycles. The predicted molar refractivity (Wildman–Crippen MR) is 50.5 cm³/mol. The van der Waals surface area contributed by atoms with Gasteiger partial charge in [-0.15, -0.1) is 0 Å². The number of fused-ring (bicyclic) bond motifs is 2. The monoisotopic (exact) mass is 197 g/mol. The van der Waals surface area contributed by atoms with Gasteiger partial charge >= 0.3 is 6.09 Å². The standard InChI is InChI=1S/C10H15NO3/c1-10(2,3)13-9(12)11-7-4-5-8(6-7)14-11/h4-5,7-8H,6H2,1-3H3/t7-,8+/m1/s1. The second-order valence-electron chi connectivity index (χ2n) is 4.64. The van der Waals surface area contributed by atoms with Crippen molar-refractivity contribution in [3.8, 4) is 0 Å². The minimum atomic E-state index is -0.466. The Bertz CT molecular complexity index is 280. The number of carbonyl (C=O) groups excluding carboxylic acids is 1. The van der Waals surface area contributed by atoms with Crippen LogP contribution < -0.4 is 0 Å². The van der Waals surface area contributed by atoms with Gasteiger partial charge in [0, 0.05) is 6.42 Å². The lowest BCUT2D eigenvalue weighted by molar-refractivity contribution is -0.139. The highest BCUT2D eigenvalue weighted by Gasteiger charge is 2.40. The third-order valence-corrected chi connectivity index (χ3v) is 2.15. The second kappa shape index (κ2) is 2.98. The number of ether oxygens (including phenoxy) is 1. The second-order valence-corrected chi connectivity index (χ2v) is 4.64. The molecule has 4 nitrogen and oxygen atoms in total. The van der Waals surface area contributed by atoms with Crippen LogP contribution in [0.4, 0.5) is 4.79 Å². The van der Waals surface area contributed by atoms with Crippen LogP contribution in [0.15, 0.2) is 12.2 Å². The summed E-state index contributed by atoms with van der Waals surface area (Å²) in [5.74, 6) is 0. The van der Waals surface area contributed by atoms with Crippen LogP contribution in [-0.4, -0.2) is 28.9 Å². The van der Waals surface area contributed by atoms with Gasteiger partial charge < -0.3 is 4.74 Å². The normalized spacial score (nSPS) is 29.8. The van der Waals surface area contributed by atoms with Crippen molar-refractivity contribution >= 4 is 6.09 Å². The maximum Gasteiger partial charge on any atom is 0.435 e. The molecule has 0 aromatic rings. The summed E-state index contributed by atoms with van der Waals surface area (Å²) in [4.78, 5) is 16.9. The first-order valence-electron chi connectivity index (χ1n) is 4.83. The Morgan fingerprint density at radius 1 is 1.50 bits per heavy atom. The third kappa shape index (κ3) is 1.75. The van der Waals surface area contributed by atoms with Crippen molar-refractivity contribution in [2.45, 2.75) is 44.9 Å². The number of amides is 1. The fourth-order valence-electron chi connectivity index (χ4n) is 1.61. The molecule has 78 valence electrons. The molecular formula is C10H15NO3. The fourth-order valence-corrected chi connectivity index (χ4v) is 1.61. The zero-order valence-corrected chi connectivity index (χ0v) is 8.69. The molecule has 2 rings (SSSR count). The van der Waals surface area contributed by atoms with Crippen LogP contribution in [-0.2, 0) is 9.57 Å². The molecule has 1 amide bonds. The summed E-state index contributed by atoms with van der Waals surface area (Å²) in [6.45, 7) is 5.53. The molecular weight excluding hydrogens is 182 g/mol. The topological polar surface area (TPSA) is 38.8 Å². The number of rotatable bonds is 0. The van der Waals surface area contributed by atoms with Crippen LogP contribution >= 0.6 is 0 Å². The summed E-state index contributed by atoms with van der Waals surface area (Å²) in [7, 11) is 0. The predicted octanol–water partition coefficient (Wildman–Crippen LogP) is 1.87. The van der Waals surface area contributed by atoms with Crippen molar-refractivity contribution in [2.24, 2.45) is 0 Å². The molecule has 1 saturated heterocycles. The van der Waals surface area contributed by atoms with Crippen LogP contribution in [0.2, 0.25) is 0 Å². The van der Waals surface area contributed by atoms with Gasteiger partial charge in [0.05, 0.1) is 6.04 Å². The van der Waals surface area contributed by atoms with Crippen LogP contribution in [0.3, 0.4) is 0 Å². The number of hydrogen-bond donors (Lipinski definition) is 0. The van der Waals surface area contributed by atoms with E-state index in [1.807, 2.05) is 32.9 Å². The van der Waals surface area contributed by atoms with Gasteiger partial charge in [0.15, 0.2) is 0 Å². The van der Waals surface area contributed by atoms with E-state index in [1.165, 1.54) is 5.06 Å². The number of carbonyl (C=O) groups is 1. The molecule has 0 saturated carbocycles. The Hall–Kier alpha value is -1.03. The van der Waals surface area contributed by atoms with Gasteiger partial charge in [-0.3, -0.25) is 4.84 Å². The van der Waals surface area contributed by atoms with E-state index < -0.39 is 11.7 Å². The van der Waals surface area contributed by atoms with Gasteiger partial charge in [-0.05, 0) is 20.8 Å². The van der Waals surface area contributed by atoms with E-state index in [-0.39, 0.29) is 12.1 Å². The van der Waals surface area contributed by atoms with E-state index >= 15 is 0 Å². The minimum Gasteiger partial charge on any atom is -0.442 e. The summed E-state index contributed by atoms with van der Waals surface area (Å²) in [6.07, 6.45) is 4.49. The van der Waals surface area contributed by atoms with Crippen molar-refractivity contribution in [1.82, 2.24) is 5.06 Å². The van der Waals surface area contributed by atoms with Gasteiger partial charge in [-0.2, -0.15) is 5.06 Å².